The second-order valence-corrected chi connectivity index (χ2v) is 7.91. The summed E-state index contributed by atoms with van der Waals surface area (Å²) in [5.74, 6) is 0.897. The third kappa shape index (κ3) is 4.33. The van der Waals surface area contributed by atoms with Gasteiger partial charge in [0, 0.05) is 36.3 Å². The third-order valence-corrected chi connectivity index (χ3v) is 6.05. The van der Waals surface area contributed by atoms with E-state index in [1.54, 1.807) is 24.1 Å². The second-order valence-electron chi connectivity index (χ2n) is 7.91. The normalized spacial score (nSPS) is 17.9. The van der Waals surface area contributed by atoms with E-state index in [-0.39, 0.29) is 17.9 Å². The lowest BCUT2D eigenvalue weighted by molar-refractivity contribution is -0.117. The van der Waals surface area contributed by atoms with E-state index in [1.807, 2.05) is 30.3 Å². The Bertz CT molecular complexity index is 891. The Hall–Kier alpha value is -2.86. The van der Waals surface area contributed by atoms with Crippen LogP contribution >= 0.6 is 0 Å². The van der Waals surface area contributed by atoms with E-state index in [4.69, 9.17) is 4.74 Å². The minimum atomic E-state index is -0.103. The van der Waals surface area contributed by atoms with Gasteiger partial charge in [-0.2, -0.15) is 0 Å². The monoisotopic (exact) mass is 407 g/mol. The minimum absolute atomic E-state index is 0.0779. The highest BCUT2D eigenvalue weighted by Gasteiger charge is 2.26. The maximum atomic E-state index is 12.8. The largest absolute Gasteiger partial charge is 0.496 e. The SMILES string of the molecule is COc1ccccc1C(CNC(=O)c1ccc(N2CCCC2=O)cc1)N1CCCC1. The van der Waals surface area contributed by atoms with Crippen molar-refractivity contribution in [3.63, 3.8) is 0 Å². The van der Waals surface area contributed by atoms with E-state index in [2.05, 4.69) is 16.3 Å². The van der Waals surface area contributed by atoms with Crippen molar-refractivity contribution in [1.82, 2.24) is 10.2 Å². The Balaban J connectivity index is 1.45. The van der Waals surface area contributed by atoms with Crippen molar-refractivity contribution in [2.45, 2.75) is 31.7 Å². The fraction of sp³-hybridized carbons (Fsp3) is 0.417. The van der Waals surface area contributed by atoms with Crippen molar-refractivity contribution in [2.75, 3.05) is 38.2 Å². The van der Waals surface area contributed by atoms with Gasteiger partial charge in [0.1, 0.15) is 5.75 Å². The highest BCUT2D eigenvalue weighted by atomic mass is 16.5. The van der Waals surface area contributed by atoms with Gasteiger partial charge < -0.3 is 15.0 Å². The van der Waals surface area contributed by atoms with Crippen molar-refractivity contribution in [3.05, 3.63) is 59.7 Å². The fourth-order valence-corrected chi connectivity index (χ4v) is 4.44. The van der Waals surface area contributed by atoms with Gasteiger partial charge in [0.2, 0.25) is 5.91 Å². The number of anilines is 1. The molecule has 2 aliphatic heterocycles. The van der Waals surface area contributed by atoms with Crippen molar-refractivity contribution >= 4 is 17.5 Å². The topological polar surface area (TPSA) is 61.9 Å². The van der Waals surface area contributed by atoms with Gasteiger partial charge in [0.05, 0.1) is 13.2 Å². The summed E-state index contributed by atoms with van der Waals surface area (Å²) in [6.45, 7) is 3.32. The number of carbonyl (C=O) groups excluding carboxylic acids is 2. The van der Waals surface area contributed by atoms with Crippen molar-refractivity contribution < 1.29 is 14.3 Å². The summed E-state index contributed by atoms with van der Waals surface area (Å²) in [5, 5.41) is 3.11. The minimum Gasteiger partial charge on any atom is -0.496 e. The highest BCUT2D eigenvalue weighted by molar-refractivity contribution is 5.97. The number of ether oxygens (including phenoxy) is 1. The number of nitrogens with one attached hydrogen (secondary N) is 1. The summed E-state index contributed by atoms with van der Waals surface area (Å²) in [4.78, 5) is 28.9. The molecule has 1 N–H and O–H groups in total. The lowest BCUT2D eigenvalue weighted by atomic mass is 10.0. The van der Waals surface area contributed by atoms with Gasteiger partial charge in [-0.15, -0.1) is 0 Å². The maximum absolute atomic E-state index is 12.8. The number of methoxy groups -OCH3 is 1. The molecular formula is C24H29N3O3. The molecule has 2 aliphatic rings. The molecular weight excluding hydrogens is 378 g/mol. The first-order chi connectivity index (χ1) is 14.7. The summed E-state index contributed by atoms with van der Waals surface area (Å²) in [7, 11) is 1.69. The number of hydrogen-bond acceptors (Lipinski definition) is 4. The Morgan fingerprint density at radius 3 is 2.43 bits per heavy atom. The molecule has 4 rings (SSSR count). The smallest absolute Gasteiger partial charge is 0.251 e. The predicted molar refractivity (Wildman–Crippen MR) is 117 cm³/mol. The fourth-order valence-electron chi connectivity index (χ4n) is 4.44. The molecule has 2 fully saturated rings. The van der Waals surface area contributed by atoms with Crippen LogP contribution in [0.25, 0.3) is 0 Å². The average molecular weight is 408 g/mol. The first-order valence-corrected chi connectivity index (χ1v) is 10.7. The van der Waals surface area contributed by atoms with E-state index >= 15 is 0 Å². The van der Waals surface area contributed by atoms with Crippen LogP contribution in [0.1, 0.15) is 47.6 Å². The number of amides is 2. The Morgan fingerprint density at radius 1 is 1.03 bits per heavy atom. The van der Waals surface area contributed by atoms with Crippen LogP contribution < -0.4 is 15.0 Å². The number of carbonyl (C=O) groups is 2. The number of rotatable bonds is 7. The molecule has 2 aromatic rings. The zero-order chi connectivity index (χ0) is 20.9. The van der Waals surface area contributed by atoms with Crippen LogP contribution in [0.3, 0.4) is 0 Å². The maximum Gasteiger partial charge on any atom is 0.251 e. The number of para-hydroxylation sites is 1. The first-order valence-electron chi connectivity index (χ1n) is 10.7. The van der Waals surface area contributed by atoms with Gasteiger partial charge in [-0.25, -0.2) is 0 Å². The summed E-state index contributed by atoms with van der Waals surface area (Å²) in [6.07, 6.45) is 3.84. The number of nitrogens with zero attached hydrogens (tertiary/aromatic N) is 2. The lowest BCUT2D eigenvalue weighted by Crippen LogP contribution is -2.37. The van der Waals surface area contributed by atoms with Crippen LogP contribution in [-0.2, 0) is 4.79 Å². The van der Waals surface area contributed by atoms with Crippen LogP contribution in [0.4, 0.5) is 5.69 Å². The van der Waals surface area contributed by atoms with E-state index < -0.39 is 0 Å². The van der Waals surface area contributed by atoms with Gasteiger partial charge in [0.25, 0.3) is 5.91 Å². The van der Waals surface area contributed by atoms with Crippen molar-refractivity contribution in [3.8, 4) is 5.75 Å². The molecule has 1 unspecified atom stereocenters. The molecule has 0 spiro atoms. The summed E-state index contributed by atoms with van der Waals surface area (Å²) >= 11 is 0. The summed E-state index contributed by atoms with van der Waals surface area (Å²) in [6, 6.07) is 15.4. The molecule has 0 aliphatic carbocycles. The Kier molecular flexibility index (Phi) is 6.33. The quantitative estimate of drug-likeness (QED) is 0.764. The molecule has 1 atom stereocenters. The predicted octanol–water partition coefficient (Wildman–Crippen LogP) is 3.39. The molecule has 0 radical (unpaired) electrons. The zero-order valence-corrected chi connectivity index (χ0v) is 17.5. The number of likely N-dealkylation sites (tertiary alicyclic amines) is 1. The number of benzene rings is 2. The van der Waals surface area contributed by atoms with Crippen LogP contribution in [0.15, 0.2) is 48.5 Å². The van der Waals surface area contributed by atoms with E-state index in [0.29, 0.717) is 18.5 Å². The molecule has 0 saturated carbocycles. The lowest BCUT2D eigenvalue weighted by Gasteiger charge is -2.29. The van der Waals surface area contributed by atoms with Crippen LogP contribution in [0, 0.1) is 0 Å². The number of hydrogen-bond donors (Lipinski definition) is 1. The molecule has 30 heavy (non-hydrogen) atoms. The van der Waals surface area contributed by atoms with Crippen LogP contribution in [-0.4, -0.2) is 50.0 Å². The third-order valence-electron chi connectivity index (χ3n) is 6.05. The van der Waals surface area contributed by atoms with E-state index in [1.165, 1.54) is 12.8 Å². The molecule has 2 saturated heterocycles. The first kappa shape index (κ1) is 20.4. The van der Waals surface area contributed by atoms with Crippen LogP contribution in [0.5, 0.6) is 5.75 Å². The Labute approximate surface area is 177 Å². The molecule has 6 nitrogen and oxygen atoms in total. The molecule has 0 bridgehead atoms. The molecule has 2 heterocycles. The summed E-state index contributed by atoms with van der Waals surface area (Å²) < 4.78 is 5.58. The standard InChI is InChI=1S/C24H29N3O3/c1-30-22-8-3-2-7-20(22)21(26-14-4-5-15-26)17-25-24(29)18-10-12-19(13-11-18)27-16-6-9-23(27)28/h2-3,7-8,10-13,21H,4-6,9,14-17H2,1H3,(H,25,29). The van der Waals surface area contributed by atoms with Gasteiger partial charge >= 0.3 is 0 Å². The van der Waals surface area contributed by atoms with E-state index in [0.717, 1.165) is 43.1 Å². The van der Waals surface area contributed by atoms with Crippen molar-refractivity contribution in [1.29, 1.82) is 0 Å². The molecule has 2 aromatic carbocycles. The molecule has 2 amide bonds. The molecule has 0 aromatic heterocycles. The second kappa shape index (κ2) is 9.30. The van der Waals surface area contributed by atoms with Crippen molar-refractivity contribution in [2.24, 2.45) is 0 Å². The van der Waals surface area contributed by atoms with Gasteiger partial charge in [-0.05, 0) is 62.7 Å². The zero-order valence-electron chi connectivity index (χ0n) is 17.5. The van der Waals surface area contributed by atoms with Gasteiger partial charge in [-0.3, -0.25) is 14.5 Å². The van der Waals surface area contributed by atoms with Crippen LogP contribution in [0.2, 0.25) is 0 Å². The summed E-state index contributed by atoms with van der Waals surface area (Å²) in [5.41, 5.74) is 2.56. The molecule has 6 heteroatoms. The molecule has 158 valence electrons. The average Bonchev–Trinajstić information content (AvgIpc) is 3.46. The van der Waals surface area contributed by atoms with E-state index in [9.17, 15) is 9.59 Å². The highest BCUT2D eigenvalue weighted by Crippen LogP contribution is 2.31. The Morgan fingerprint density at radius 2 is 1.77 bits per heavy atom. The van der Waals surface area contributed by atoms with Gasteiger partial charge in [0.15, 0.2) is 0 Å². The van der Waals surface area contributed by atoms with Gasteiger partial charge in [-0.1, -0.05) is 18.2 Å².